The van der Waals surface area contributed by atoms with E-state index in [1.807, 2.05) is 13.0 Å². The SMILES string of the molecule is Cc1cc(S(=O)(=O)N(C)Cc2nc3c(=O)n(C4COC4)ccc3[nH]2)c2[nH]ncc2c1. The summed E-state index contributed by atoms with van der Waals surface area (Å²) in [5.74, 6) is 0.393. The van der Waals surface area contributed by atoms with Crippen LogP contribution in [0.15, 0.2) is 40.3 Å². The zero-order chi connectivity index (χ0) is 21.0. The lowest BCUT2D eigenvalue weighted by Crippen LogP contribution is -2.37. The van der Waals surface area contributed by atoms with Gasteiger partial charge < -0.3 is 14.3 Å². The largest absolute Gasteiger partial charge is 0.377 e. The average Bonchev–Trinajstić information content (AvgIpc) is 3.28. The Labute approximate surface area is 171 Å². The van der Waals surface area contributed by atoms with Gasteiger partial charge in [-0.05, 0) is 30.7 Å². The topological polar surface area (TPSA) is 126 Å². The van der Waals surface area contributed by atoms with Crippen LogP contribution in [0.25, 0.3) is 21.9 Å². The molecule has 3 aromatic heterocycles. The van der Waals surface area contributed by atoms with Gasteiger partial charge in [-0.15, -0.1) is 0 Å². The molecule has 0 unspecified atom stereocenters. The fourth-order valence-corrected chi connectivity index (χ4v) is 5.03. The van der Waals surface area contributed by atoms with E-state index >= 15 is 0 Å². The number of H-pyrrole nitrogens is 2. The summed E-state index contributed by atoms with van der Waals surface area (Å²) in [6.45, 7) is 2.83. The highest BCUT2D eigenvalue weighted by Gasteiger charge is 2.26. The fourth-order valence-electron chi connectivity index (χ4n) is 3.65. The van der Waals surface area contributed by atoms with Crippen molar-refractivity contribution in [1.82, 2.24) is 29.0 Å². The first-order valence-electron chi connectivity index (χ1n) is 9.42. The number of pyridine rings is 1. The van der Waals surface area contributed by atoms with E-state index in [4.69, 9.17) is 4.74 Å². The molecule has 0 aliphatic carbocycles. The molecule has 0 atom stereocenters. The highest BCUT2D eigenvalue weighted by atomic mass is 32.2. The molecule has 0 saturated carbocycles. The molecule has 1 aliphatic heterocycles. The van der Waals surface area contributed by atoms with E-state index < -0.39 is 10.0 Å². The summed E-state index contributed by atoms with van der Waals surface area (Å²) in [4.78, 5) is 20.3. The average molecular weight is 428 g/mol. The summed E-state index contributed by atoms with van der Waals surface area (Å²) in [6.07, 6.45) is 3.31. The Morgan fingerprint density at radius 3 is 2.87 bits per heavy atom. The predicted octanol–water partition coefficient (Wildman–Crippen LogP) is 1.30. The monoisotopic (exact) mass is 428 g/mol. The Kier molecular flexibility index (Phi) is 4.27. The van der Waals surface area contributed by atoms with Gasteiger partial charge in [-0.3, -0.25) is 9.89 Å². The molecular formula is C19H20N6O4S. The van der Waals surface area contributed by atoms with Crippen molar-refractivity contribution in [2.24, 2.45) is 0 Å². The Morgan fingerprint density at radius 2 is 2.13 bits per heavy atom. The number of aromatic amines is 2. The number of imidazole rings is 1. The predicted molar refractivity (Wildman–Crippen MR) is 110 cm³/mol. The Morgan fingerprint density at radius 1 is 1.33 bits per heavy atom. The molecule has 4 aromatic rings. The number of hydrogen-bond donors (Lipinski definition) is 2. The van der Waals surface area contributed by atoms with Crippen LogP contribution in [0.3, 0.4) is 0 Å². The molecule has 11 heteroatoms. The minimum absolute atomic E-state index is 0.00738. The van der Waals surface area contributed by atoms with Crippen molar-refractivity contribution in [3.05, 3.63) is 52.3 Å². The minimum atomic E-state index is -3.82. The lowest BCUT2D eigenvalue weighted by atomic mass is 10.2. The van der Waals surface area contributed by atoms with Crippen molar-refractivity contribution in [2.45, 2.75) is 24.4 Å². The van der Waals surface area contributed by atoms with Crippen LogP contribution >= 0.6 is 0 Å². The number of nitrogens with one attached hydrogen (secondary N) is 2. The van der Waals surface area contributed by atoms with Crippen LogP contribution in [0.2, 0.25) is 0 Å². The standard InChI is InChI=1S/C19H20N6O4S/c1-11-5-12-7-20-23-17(12)15(6-11)30(27,28)24(2)8-16-21-14-3-4-25(13-9-29-10-13)19(26)18(14)22-16/h3-7,13H,8-10H2,1-2H3,(H,20,23)(H,21,22). The van der Waals surface area contributed by atoms with Gasteiger partial charge in [-0.2, -0.15) is 9.40 Å². The van der Waals surface area contributed by atoms with Crippen molar-refractivity contribution >= 4 is 32.0 Å². The number of sulfonamides is 1. The van der Waals surface area contributed by atoms with Crippen molar-refractivity contribution in [3.8, 4) is 0 Å². The molecule has 1 fully saturated rings. The maximum atomic E-state index is 13.2. The highest BCUT2D eigenvalue weighted by molar-refractivity contribution is 7.89. The highest BCUT2D eigenvalue weighted by Crippen LogP contribution is 2.26. The molecule has 0 radical (unpaired) electrons. The van der Waals surface area contributed by atoms with Crippen LogP contribution in [-0.4, -0.2) is 57.7 Å². The third kappa shape index (κ3) is 2.93. The molecule has 156 valence electrons. The molecular weight excluding hydrogens is 408 g/mol. The summed E-state index contributed by atoms with van der Waals surface area (Å²) in [5, 5.41) is 7.45. The van der Waals surface area contributed by atoms with Crippen LogP contribution in [0, 0.1) is 6.92 Å². The van der Waals surface area contributed by atoms with Gasteiger partial charge in [0.2, 0.25) is 10.0 Å². The van der Waals surface area contributed by atoms with Gasteiger partial charge in [0.25, 0.3) is 5.56 Å². The number of aryl methyl sites for hydroxylation is 1. The van der Waals surface area contributed by atoms with Crippen LogP contribution in [0.1, 0.15) is 17.4 Å². The lowest BCUT2D eigenvalue weighted by Gasteiger charge is -2.27. The third-order valence-corrected chi connectivity index (χ3v) is 7.18. The zero-order valence-electron chi connectivity index (χ0n) is 16.4. The molecule has 4 heterocycles. The molecule has 0 bridgehead atoms. The first-order valence-corrected chi connectivity index (χ1v) is 10.9. The number of fused-ring (bicyclic) bond motifs is 2. The van der Waals surface area contributed by atoms with Crippen LogP contribution in [0.4, 0.5) is 0 Å². The van der Waals surface area contributed by atoms with Crippen LogP contribution in [0.5, 0.6) is 0 Å². The van der Waals surface area contributed by atoms with E-state index in [2.05, 4.69) is 20.2 Å². The smallest absolute Gasteiger partial charge is 0.279 e. The van der Waals surface area contributed by atoms with Gasteiger partial charge in [0, 0.05) is 18.6 Å². The van der Waals surface area contributed by atoms with Gasteiger partial charge in [0.05, 0.1) is 43.0 Å². The van der Waals surface area contributed by atoms with Gasteiger partial charge >= 0.3 is 0 Å². The Balaban J connectivity index is 1.49. The summed E-state index contributed by atoms with van der Waals surface area (Å²) in [5.41, 5.74) is 1.93. The van der Waals surface area contributed by atoms with E-state index in [0.29, 0.717) is 30.1 Å². The van der Waals surface area contributed by atoms with Crippen molar-refractivity contribution in [1.29, 1.82) is 0 Å². The molecule has 30 heavy (non-hydrogen) atoms. The number of ether oxygens (including phenoxy) is 1. The van der Waals surface area contributed by atoms with Crippen LogP contribution in [-0.2, 0) is 21.3 Å². The summed E-state index contributed by atoms with van der Waals surface area (Å²) in [6, 6.07) is 5.28. The molecule has 1 aliphatic rings. The van der Waals surface area contributed by atoms with E-state index in [0.717, 1.165) is 10.9 Å². The quantitative estimate of drug-likeness (QED) is 0.493. The van der Waals surface area contributed by atoms with Crippen molar-refractivity contribution in [2.75, 3.05) is 20.3 Å². The van der Waals surface area contributed by atoms with E-state index in [9.17, 15) is 13.2 Å². The number of rotatable bonds is 5. The second-order valence-corrected chi connectivity index (χ2v) is 9.54. The van der Waals surface area contributed by atoms with Gasteiger partial charge in [-0.25, -0.2) is 13.4 Å². The third-order valence-electron chi connectivity index (χ3n) is 5.35. The number of aromatic nitrogens is 5. The maximum Gasteiger partial charge on any atom is 0.279 e. The molecule has 10 nitrogen and oxygen atoms in total. The Hall–Kier alpha value is -3.02. The Bertz CT molecular complexity index is 1430. The zero-order valence-corrected chi connectivity index (χ0v) is 17.2. The number of hydrogen-bond acceptors (Lipinski definition) is 6. The van der Waals surface area contributed by atoms with E-state index in [1.54, 1.807) is 29.1 Å². The van der Waals surface area contributed by atoms with Crippen molar-refractivity contribution in [3.63, 3.8) is 0 Å². The number of benzene rings is 1. The lowest BCUT2D eigenvalue weighted by molar-refractivity contribution is -0.0246. The second-order valence-electron chi connectivity index (χ2n) is 7.52. The molecule has 0 amide bonds. The minimum Gasteiger partial charge on any atom is -0.377 e. The first-order chi connectivity index (χ1) is 14.3. The van der Waals surface area contributed by atoms with Crippen molar-refractivity contribution < 1.29 is 13.2 Å². The fraction of sp³-hybridized carbons (Fsp3) is 0.316. The van der Waals surface area contributed by atoms with E-state index in [-0.39, 0.29) is 28.6 Å². The van der Waals surface area contributed by atoms with Gasteiger partial charge in [-0.1, -0.05) is 0 Å². The van der Waals surface area contributed by atoms with Gasteiger partial charge in [0.1, 0.15) is 10.7 Å². The molecule has 2 N–H and O–H groups in total. The molecule has 1 saturated heterocycles. The van der Waals surface area contributed by atoms with E-state index in [1.165, 1.54) is 11.4 Å². The number of nitrogens with zero attached hydrogens (tertiary/aromatic N) is 4. The normalized spacial score (nSPS) is 15.3. The summed E-state index contributed by atoms with van der Waals surface area (Å²) in [7, 11) is -2.33. The van der Waals surface area contributed by atoms with Crippen LogP contribution < -0.4 is 5.56 Å². The summed E-state index contributed by atoms with van der Waals surface area (Å²) < 4.78 is 34.4. The molecule has 5 rings (SSSR count). The first kappa shape index (κ1) is 19.0. The van der Waals surface area contributed by atoms with Gasteiger partial charge in [0.15, 0.2) is 5.52 Å². The second kappa shape index (κ2) is 6.76. The molecule has 1 aromatic carbocycles. The molecule has 0 spiro atoms. The summed E-state index contributed by atoms with van der Waals surface area (Å²) >= 11 is 0. The maximum absolute atomic E-state index is 13.2.